The largest absolute Gasteiger partial charge is 0.473 e. The van der Waals surface area contributed by atoms with Crippen molar-refractivity contribution in [1.82, 2.24) is 14.9 Å². The van der Waals surface area contributed by atoms with E-state index in [0.717, 1.165) is 38.2 Å². The zero-order valence-corrected chi connectivity index (χ0v) is 13.8. The normalized spacial score (nSPS) is 22.1. The fourth-order valence-electron chi connectivity index (χ4n) is 3.37. The first-order chi connectivity index (χ1) is 11.2. The highest BCUT2D eigenvalue weighted by molar-refractivity contribution is 5.76. The predicted molar refractivity (Wildman–Crippen MR) is 88.4 cm³/mol. The van der Waals surface area contributed by atoms with Crippen molar-refractivity contribution < 1.29 is 9.53 Å². The van der Waals surface area contributed by atoms with E-state index in [9.17, 15) is 4.79 Å². The quantitative estimate of drug-likeness (QED) is 0.904. The van der Waals surface area contributed by atoms with Gasteiger partial charge in [-0.1, -0.05) is 13.3 Å². The molecule has 0 aromatic carbocycles. The van der Waals surface area contributed by atoms with Crippen molar-refractivity contribution in [2.75, 3.05) is 18.4 Å². The SMILES string of the molecule is CCC(=O)N1CCC(Nc2cncc(OC3CCCCC3)n2)C1. The highest BCUT2D eigenvalue weighted by atomic mass is 16.5. The van der Waals surface area contributed by atoms with Crippen LogP contribution < -0.4 is 10.1 Å². The van der Waals surface area contributed by atoms with Crippen LogP contribution in [0.15, 0.2) is 12.4 Å². The van der Waals surface area contributed by atoms with Crippen LogP contribution in [0.4, 0.5) is 5.82 Å². The summed E-state index contributed by atoms with van der Waals surface area (Å²) in [7, 11) is 0. The second-order valence-corrected chi connectivity index (χ2v) is 6.44. The molecular formula is C17H26N4O2. The first kappa shape index (κ1) is 16.0. The molecule has 2 heterocycles. The van der Waals surface area contributed by atoms with Crippen LogP contribution in [0.1, 0.15) is 51.9 Å². The Morgan fingerprint density at radius 1 is 1.30 bits per heavy atom. The summed E-state index contributed by atoms with van der Waals surface area (Å²) in [6, 6.07) is 0.240. The summed E-state index contributed by atoms with van der Waals surface area (Å²) in [5.74, 6) is 1.55. The fraction of sp³-hybridized carbons (Fsp3) is 0.706. The number of nitrogens with zero attached hydrogens (tertiary/aromatic N) is 3. The van der Waals surface area contributed by atoms with E-state index in [1.807, 2.05) is 11.8 Å². The predicted octanol–water partition coefficient (Wildman–Crippen LogP) is 2.61. The fourth-order valence-corrected chi connectivity index (χ4v) is 3.37. The van der Waals surface area contributed by atoms with E-state index in [1.165, 1.54) is 19.3 Å². The number of carbonyl (C=O) groups is 1. The van der Waals surface area contributed by atoms with Gasteiger partial charge >= 0.3 is 0 Å². The number of anilines is 1. The van der Waals surface area contributed by atoms with Gasteiger partial charge < -0.3 is 15.0 Å². The Hall–Kier alpha value is -1.85. The minimum atomic E-state index is 0.217. The summed E-state index contributed by atoms with van der Waals surface area (Å²) in [6.45, 7) is 3.46. The van der Waals surface area contributed by atoms with Crippen molar-refractivity contribution in [3.63, 3.8) is 0 Å². The number of nitrogens with one attached hydrogen (secondary N) is 1. The third kappa shape index (κ3) is 4.33. The Kier molecular flexibility index (Phi) is 5.31. The molecule has 0 radical (unpaired) electrons. The van der Waals surface area contributed by atoms with Gasteiger partial charge in [-0.25, -0.2) is 0 Å². The molecule has 1 aliphatic carbocycles. The van der Waals surface area contributed by atoms with Crippen LogP contribution in [0.2, 0.25) is 0 Å². The van der Waals surface area contributed by atoms with Crippen molar-refractivity contribution >= 4 is 11.7 Å². The maximum Gasteiger partial charge on any atom is 0.234 e. The van der Waals surface area contributed by atoms with Crippen molar-refractivity contribution in [2.45, 2.75) is 64.0 Å². The number of amides is 1. The Labute approximate surface area is 137 Å². The number of hydrogen-bond acceptors (Lipinski definition) is 5. The third-order valence-corrected chi connectivity index (χ3v) is 4.65. The molecule has 126 valence electrons. The summed E-state index contributed by atoms with van der Waals surface area (Å²) in [6.07, 6.45) is 11.2. The number of aromatic nitrogens is 2. The van der Waals surface area contributed by atoms with E-state index in [-0.39, 0.29) is 18.1 Å². The monoisotopic (exact) mass is 318 g/mol. The van der Waals surface area contributed by atoms with E-state index < -0.39 is 0 Å². The highest BCUT2D eigenvalue weighted by Crippen LogP contribution is 2.23. The second-order valence-electron chi connectivity index (χ2n) is 6.44. The van der Waals surface area contributed by atoms with Crippen molar-refractivity contribution in [1.29, 1.82) is 0 Å². The lowest BCUT2D eigenvalue weighted by molar-refractivity contribution is -0.129. The first-order valence-electron chi connectivity index (χ1n) is 8.77. The number of hydrogen-bond donors (Lipinski definition) is 1. The van der Waals surface area contributed by atoms with Gasteiger partial charge in [-0.3, -0.25) is 9.78 Å². The summed E-state index contributed by atoms with van der Waals surface area (Å²) in [4.78, 5) is 22.4. The lowest BCUT2D eigenvalue weighted by atomic mass is 9.98. The van der Waals surface area contributed by atoms with Crippen LogP contribution in [0.25, 0.3) is 0 Å². The Morgan fingerprint density at radius 3 is 2.91 bits per heavy atom. The van der Waals surface area contributed by atoms with Gasteiger partial charge in [-0.05, 0) is 32.1 Å². The Morgan fingerprint density at radius 2 is 2.13 bits per heavy atom. The molecule has 3 rings (SSSR count). The van der Waals surface area contributed by atoms with Gasteiger partial charge in [-0.2, -0.15) is 4.98 Å². The van der Waals surface area contributed by atoms with Crippen molar-refractivity contribution in [3.8, 4) is 5.88 Å². The summed E-state index contributed by atoms with van der Waals surface area (Å²) in [5.41, 5.74) is 0. The van der Waals surface area contributed by atoms with Gasteiger partial charge in [0, 0.05) is 25.6 Å². The molecule has 0 spiro atoms. The van der Waals surface area contributed by atoms with Crippen LogP contribution in [0.5, 0.6) is 5.88 Å². The standard InChI is InChI=1S/C17H26N4O2/c1-2-17(22)21-9-8-13(12-21)19-15-10-18-11-16(20-15)23-14-6-4-3-5-7-14/h10-11,13-14H,2-9,12H2,1H3,(H,19,20). The molecule has 1 amide bonds. The molecule has 1 aromatic heterocycles. The molecule has 1 aromatic rings. The number of likely N-dealkylation sites (tertiary alicyclic amines) is 1. The molecule has 6 heteroatoms. The van der Waals surface area contributed by atoms with Gasteiger partial charge in [0.05, 0.1) is 12.4 Å². The lowest BCUT2D eigenvalue weighted by Gasteiger charge is -2.22. The molecule has 23 heavy (non-hydrogen) atoms. The molecule has 1 saturated heterocycles. The average molecular weight is 318 g/mol. The number of rotatable bonds is 5. The maximum absolute atomic E-state index is 11.7. The number of ether oxygens (including phenoxy) is 1. The first-order valence-corrected chi connectivity index (χ1v) is 8.77. The van der Waals surface area contributed by atoms with Gasteiger partial charge in [-0.15, -0.1) is 0 Å². The smallest absolute Gasteiger partial charge is 0.234 e. The summed E-state index contributed by atoms with van der Waals surface area (Å²) in [5, 5.41) is 3.38. The Balaban J connectivity index is 1.54. The zero-order valence-electron chi connectivity index (χ0n) is 13.8. The molecule has 2 aliphatic rings. The zero-order chi connectivity index (χ0) is 16.1. The summed E-state index contributed by atoms with van der Waals surface area (Å²) >= 11 is 0. The molecular weight excluding hydrogens is 292 g/mol. The van der Waals surface area contributed by atoms with Crippen LogP contribution in [0, 0.1) is 0 Å². The molecule has 2 fully saturated rings. The molecule has 0 bridgehead atoms. The van der Waals surface area contributed by atoms with Gasteiger partial charge in [0.25, 0.3) is 0 Å². The highest BCUT2D eigenvalue weighted by Gasteiger charge is 2.25. The molecule has 1 N–H and O–H groups in total. The number of carbonyl (C=O) groups excluding carboxylic acids is 1. The van der Waals surface area contributed by atoms with Crippen molar-refractivity contribution in [3.05, 3.63) is 12.4 Å². The van der Waals surface area contributed by atoms with E-state index in [4.69, 9.17) is 4.74 Å². The van der Waals surface area contributed by atoms with Gasteiger partial charge in [0.15, 0.2) is 0 Å². The third-order valence-electron chi connectivity index (χ3n) is 4.65. The van der Waals surface area contributed by atoms with Crippen LogP contribution in [0.3, 0.4) is 0 Å². The van der Waals surface area contributed by atoms with Gasteiger partial charge in [0.2, 0.25) is 11.8 Å². The van der Waals surface area contributed by atoms with E-state index >= 15 is 0 Å². The average Bonchev–Trinajstić information content (AvgIpc) is 3.04. The molecule has 6 nitrogen and oxygen atoms in total. The summed E-state index contributed by atoms with van der Waals surface area (Å²) < 4.78 is 5.96. The van der Waals surface area contributed by atoms with Gasteiger partial charge in [0.1, 0.15) is 11.9 Å². The molecule has 1 unspecified atom stereocenters. The minimum absolute atomic E-state index is 0.217. The van der Waals surface area contributed by atoms with Crippen LogP contribution in [-0.2, 0) is 4.79 Å². The van der Waals surface area contributed by atoms with Crippen LogP contribution in [-0.4, -0.2) is 46.0 Å². The topological polar surface area (TPSA) is 67.4 Å². The van der Waals surface area contributed by atoms with Crippen LogP contribution >= 0.6 is 0 Å². The molecule has 1 saturated carbocycles. The minimum Gasteiger partial charge on any atom is -0.473 e. The second kappa shape index (κ2) is 7.62. The van der Waals surface area contributed by atoms with E-state index in [2.05, 4.69) is 15.3 Å². The lowest BCUT2D eigenvalue weighted by Crippen LogP contribution is -2.31. The maximum atomic E-state index is 11.7. The van der Waals surface area contributed by atoms with E-state index in [1.54, 1.807) is 12.4 Å². The van der Waals surface area contributed by atoms with E-state index in [0.29, 0.717) is 12.3 Å². The molecule has 1 atom stereocenters. The van der Waals surface area contributed by atoms with Crippen molar-refractivity contribution in [2.24, 2.45) is 0 Å². The Bertz CT molecular complexity index is 531. The molecule has 1 aliphatic heterocycles.